The molecule has 19 heteroatoms. The number of carbonyl (C=O) groups excluding carboxylic acids is 1. The third-order valence-corrected chi connectivity index (χ3v) is 15.2. The maximum absolute atomic E-state index is 13.3. The highest BCUT2D eigenvalue weighted by molar-refractivity contribution is 5.76. The summed E-state index contributed by atoms with van der Waals surface area (Å²) in [5.74, 6) is -0.284. The quantitative estimate of drug-likeness (QED) is 0.0277. The highest BCUT2D eigenvalue weighted by Gasteiger charge is 2.53. The van der Waals surface area contributed by atoms with Gasteiger partial charge in [-0.15, -0.1) is 0 Å². The van der Waals surface area contributed by atoms with Crippen LogP contribution < -0.4 is 5.32 Å². The van der Waals surface area contributed by atoms with Crippen LogP contribution >= 0.6 is 0 Å². The number of ether oxygens (including phenoxy) is 6. The molecule has 0 aromatic heterocycles. The van der Waals surface area contributed by atoms with Gasteiger partial charge < -0.3 is 89.9 Å². The fourth-order valence-electron chi connectivity index (χ4n) is 10.2. The van der Waals surface area contributed by atoms with Crippen LogP contribution in [-0.4, -0.2) is 193 Å². The zero-order chi connectivity index (χ0) is 56.2. The Labute approximate surface area is 460 Å². The Balaban J connectivity index is 1.51. The second kappa shape index (κ2) is 42.1. The van der Waals surface area contributed by atoms with Crippen molar-refractivity contribution in [3.05, 3.63) is 24.3 Å². The molecule has 17 atom stereocenters. The van der Waals surface area contributed by atoms with E-state index in [2.05, 4.69) is 31.3 Å². The summed E-state index contributed by atoms with van der Waals surface area (Å²) in [6.07, 6.45) is 15.8. The van der Waals surface area contributed by atoms with Gasteiger partial charge in [-0.3, -0.25) is 4.79 Å². The molecule has 0 spiro atoms. The van der Waals surface area contributed by atoms with Crippen molar-refractivity contribution in [2.75, 3.05) is 26.4 Å². The van der Waals surface area contributed by atoms with Crippen LogP contribution in [0.3, 0.4) is 0 Å². The van der Waals surface area contributed by atoms with Crippen molar-refractivity contribution in [3.63, 3.8) is 0 Å². The van der Waals surface area contributed by atoms with Crippen molar-refractivity contribution >= 4 is 5.91 Å². The van der Waals surface area contributed by atoms with Crippen molar-refractivity contribution in [1.82, 2.24) is 5.32 Å². The van der Waals surface area contributed by atoms with E-state index in [0.29, 0.717) is 6.42 Å². The first-order valence-electron chi connectivity index (χ1n) is 30.1. The van der Waals surface area contributed by atoms with Gasteiger partial charge in [0.1, 0.15) is 73.2 Å². The van der Waals surface area contributed by atoms with Gasteiger partial charge in [-0.2, -0.15) is 0 Å². The third-order valence-electron chi connectivity index (χ3n) is 15.2. The van der Waals surface area contributed by atoms with E-state index in [-0.39, 0.29) is 18.9 Å². The largest absolute Gasteiger partial charge is 0.394 e. The van der Waals surface area contributed by atoms with Gasteiger partial charge in [0.15, 0.2) is 18.9 Å². The molecule has 0 saturated carbocycles. The first kappa shape index (κ1) is 69.5. The smallest absolute Gasteiger partial charge is 0.220 e. The molecule has 3 aliphatic rings. The van der Waals surface area contributed by atoms with Crippen LogP contribution in [0.5, 0.6) is 0 Å². The molecule has 3 heterocycles. The predicted octanol–water partition coefficient (Wildman–Crippen LogP) is 5.15. The van der Waals surface area contributed by atoms with Gasteiger partial charge in [0.2, 0.25) is 5.91 Å². The number of carbonyl (C=O) groups is 1. The number of rotatable bonds is 44. The van der Waals surface area contributed by atoms with E-state index in [1.807, 2.05) is 6.08 Å². The lowest BCUT2D eigenvalue weighted by Gasteiger charge is -2.48. The molecule has 12 N–H and O–H groups in total. The number of nitrogens with one attached hydrogen (secondary N) is 1. The van der Waals surface area contributed by atoms with Crippen LogP contribution in [0, 0.1) is 0 Å². The molecule has 77 heavy (non-hydrogen) atoms. The van der Waals surface area contributed by atoms with Crippen LogP contribution in [0.15, 0.2) is 24.3 Å². The molecule has 452 valence electrons. The number of hydrogen-bond donors (Lipinski definition) is 12. The molecular weight excluding hydrogens is 999 g/mol. The van der Waals surface area contributed by atoms with Crippen LogP contribution in [-0.2, 0) is 33.2 Å². The fourth-order valence-corrected chi connectivity index (χ4v) is 10.2. The summed E-state index contributed by atoms with van der Waals surface area (Å²) in [6, 6.07) is -0.974. The van der Waals surface area contributed by atoms with Crippen LogP contribution in [0.1, 0.15) is 206 Å². The van der Waals surface area contributed by atoms with Gasteiger partial charge >= 0.3 is 0 Å². The first-order valence-corrected chi connectivity index (χ1v) is 30.1. The molecule has 0 aromatic carbocycles. The lowest BCUT2D eigenvalue weighted by atomic mass is 9.96. The van der Waals surface area contributed by atoms with Gasteiger partial charge in [0.05, 0.1) is 38.6 Å². The Hall–Kier alpha value is -1.73. The summed E-state index contributed by atoms with van der Waals surface area (Å²) < 4.78 is 34.2. The average Bonchev–Trinajstić information content (AvgIpc) is 3.42. The lowest BCUT2D eigenvalue weighted by molar-refractivity contribution is -0.379. The van der Waals surface area contributed by atoms with E-state index < -0.39 is 124 Å². The van der Waals surface area contributed by atoms with Gasteiger partial charge in [-0.1, -0.05) is 179 Å². The Bertz CT molecular complexity index is 1510. The van der Waals surface area contributed by atoms with Gasteiger partial charge in [0.25, 0.3) is 0 Å². The minimum absolute atomic E-state index is 0.235. The maximum Gasteiger partial charge on any atom is 0.220 e. The summed E-state index contributed by atoms with van der Waals surface area (Å²) in [7, 11) is 0. The summed E-state index contributed by atoms with van der Waals surface area (Å²) in [5, 5.41) is 120. The van der Waals surface area contributed by atoms with E-state index >= 15 is 0 Å². The third kappa shape index (κ3) is 26.4. The zero-order valence-electron chi connectivity index (χ0n) is 46.9. The molecule has 0 bridgehead atoms. The Morgan fingerprint density at radius 3 is 1.26 bits per heavy atom. The fraction of sp³-hybridized carbons (Fsp3) is 0.914. The van der Waals surface area contributed by atoms with E-state index in [9.17, 15) is 61.0 Å². The van der Waals surface area contributed by atoms with Crippen LogP contribution in [0.4, 0.5) is 0 Å². The van der Waals surface area contributed by atoms with Crippen molar-refractivity contribution in [3.8, 4) is 0 Å². The number of amides is 1. The minimum Gasteiger partial charge on any atom is -0.394 e. The average molecular weight is 1110 g/mol. The number of hydrogen-bond acceptors (Lipinski definition) is 18. The molecule has 0 aliphatic carbocycles. The second-order valence-electron chi connectivity index (χ2n) is 21.8. The predicted molar refractivity (Wildman–Crippen MR) is 291 cm³/mol. The topological polar surface area (TPSA) is 307 Å². The zero-order valence-corrected chi connectivity index (χ0v) is 46.9. The Kier molecular flexibility index (Phi) is 38.1. The molecule has 3 saturated heterocycles. The van der Waals surface area contributed by atoms with Gasteiger partial charge in [-0.25, -0.2) is 0 Å². The first-order chi connectivity index (χ1) is 37.3. The van der Waals surface area contributed by atoms with Crippen molar-refractivity contribution in [1.29, 1.82) is 0 Å². The highest BCUT2D eigenvalue weighted by atomic mass is 16.8. The lowest BCUT2D eigenvalue weighted by Crippen LogP contribution is -2.66. The van der Waals surface area contributed by atoms with E-state index in [0.717, 1.165) is 64.2 Å². The minimum atomic E-state index is -1.98. The number of aliphatic hydroxyl groups is 11. The summed E-state index contributed by atoms with van der Waals surface area (Å²) in [6.45, 7) is 1.70. The van der Waals surface area contributed by atoms with Gasteiger partial charge in [0, 0.05) is 6.42 Å². The molecule has 3 aliphatic heterocycles. The standard InChI is InChI=1S/C58H107NO18/c1-3-5-7-9-11-13-15-17-19-20-21-22-23-25-27-29-31-33-35-42(63)41(59-46(64)36-34-32-30-28-26-24-18-16-14-12-10-8-6-4-2)40-72-56-52(70)49(67)54(44(38-61)74-56)77-58-53(71)50(68)55(45(39-62)75-58)76-57-51(69)48(66)47(65)43(37-60)73-57/h16,18,33,35,41-45,47-58,60-63,65-71H,3-15,17,19-32,34,36-40H2,1-2H3,(H,59,64)/b18-16-,35-33+. The summed E-state index contributed by atoms with van der Waals surface area (Å²) in [4.78, 5) is 13.3. The van der Waals surface area contributed by atoms with Crippen molar-refractivity contribution in [2.45, 2.75) is 311 Å². The number of unbranched alkanes of at least 4 members (excludes halogenated alkanes) is 26. The van der Waals surface area contributed by atoms with Crippen LogP contribution in [0.2, 0.25) is 0 Å². The summed E-state index contributed by atoms with van der Waals surface area (Å²) >= 11 is 0. The normalized spacial score (nSPS) is 30.8. The van der Waals surface area contributed by atoms with E-state index in [1.54, 1.807) is 6.08 Å². The number of aliphatic hydroxyl groups excluding tert-OH is 11. The second-order valence-corrected chi connectivity index (χ2v) is 21.8. The van der Waals surface area contributed by atoms with Gasteiger partial charge in [-0.05, 0) is 44.9 Å². The molecule has 3 fully saturated rings. The van der Waals surface area contributed by atoms with Crippen molar-refractivity contribution in [2.24, 2.45) is 0 Å². The maximum atomic E-state index is 13.3. The van der Waals surface area contributed by atoms with Crippen LogP contribution in [0.25, 0.3) is 0 Å². The SMILES string of the molecule is CCCCCCC/C=C\CCCCCCCC(=O)NC(COC1OC(CO)C(OC2OC(CO)C(OC3OC(CO)C(O)C(O)C3O)C(O)C2O)C(O)C1O)C(O)/C=C/CCCCCCCCCCCCCCCCCC. The summed E-state index contributed by atoms with van der Waals surface area (Å²) in [5.41, 5.74) is 0. The number of allylic oxidation sites excluding steroid dienone is 3. The molecule has 17 unspecified atom stereocenters. The highest BCUT2D eigenvalue weighted by Crippen LogP contribution is 2.33. The van der Waals surface area contributed by atoms with E-state index in [4.69, 9.17) is 28.4 Å². The molecule has 3 rings (SSSR count). The molecule has 0 aromatic rings. The Morgan fingerprint density at radius 2 is 0.818 bits per heavy atom. The Morgan fingerprint density at radius 1 is 0.455 bits per heavy atom. The van der Waals surface area contributed by atoms with E-state index in [1.165, 1.54) is 116 Å². The molecular formula is C58H107NO18. The monoisotopic (exact) mass is 1110 g/mol. The molecule has 19 nitrogen and oxygen atoms in total. The van der Waals surface area contributed by atoms with Crippen molar-refractivity contribution < 1.29 is 89.4 Å². The molecule has 1 amide bonds. The molecule has 0 radical (unpaired) electrons.